The summed E-state index contributed by atoms with van der Waals surface area (Å²) in [6, 6.07) is 7.63. The number of aliphatic hydroxyl groups is 2. The van der Waals surface area contributed by atoms with Gasteiger partial charge >= 0.3 is 5.69 Å². The van der Waals surface area contributed by atoms with Crippen molar-refractivity contribution in [2.24, 2.45) is 0 Å². The first-order chi connectivity index (χ1) is 9.65. The number of aliphatic hydroxyl groups excluding tert-OH is 2. The highest BCUT2D eigenvalue weighted by Gasteiger charge is 2.28. The van der Waals surface area contributed by atoms with E-state index in [9.17, 15) is 15.0 Å². The second kappa shape index (κ2) is 5.40. The molecule has 0 amide bonds. The van der Waals surface area contributed by atoms with E-state index in [2.05, 4.69) is 4.98 Å². The zero-order chi connectivity index (χ0) is 14.1. The third-order valence-electron chi connectivity index (χ3n) is 3.87. The number of likely N-dealkylation sites (tertiary alicyclic amines) is 1. The molecule has 0 radical (unpaired) electrons. The van der Waals surface area contributed by atoms with Gasteiger partial charge in [-0.3, -0.25) is 9.47 Å². The maximum absolute atomic E-state index is 11.9. The first kappa shape index (κ1) is 13.4. The van der Waals surface area contributed by atoms with Crippen molar-refractivity contribution >= 4 is 11.0 Å². The number of β-amino-alcohol motifs (C(OH)–C–C–N with tert-alkyl or cyclic N) is 2. The lowest BCUT2D eigenvalue weighted by Crippen LogP contribution is -2.25. The Hall–Kier alpha value is -1.63. The van der Waals surface area contributed by atoms with Crippen LogP contribution in [0.3, 0.4) is 0 Å². The van der Waals surface area contributed by atoms with E-state index in [0.717, 1.165) is 24.0 Å². The molecule has 2 atom stereocenters. The molecule has 108 valence electrons. The summed E-state index contributed by atoms with van der Waals surface area (Å²) in [5.41, 5.74) is 1.68. The lowest BCUT2D eigenvalue weighted by atomic mass is 10.3. The fourth-order valence-electron chi connectivity index (χ4n) is 2.81. The molecule has 1 fully saturated rings. The number of nitrogens with one attached hydrogen (secondary N) is 1. The maximum atomic E-state index is 11.9. The Morgan fingerprint density at radius 3 is 2.60 bits per heavy atom. The van der Waals surface area contributed by atoms with Crippen molar-refractivity contribution in [2.45, 2.75) is 25.2 Å². The van der Waals surface area contributed by atoms with E-state index in [1.54, 1.807) is 4.57 Å². The lowest BCUT2D eigenvalue weighted by Gasteiger charge is -2.14. The van der Waals surface area contributed by atoms with Crippen LogP contribution < -0.4 is 5.69 Å². The summed E-state index contributed by atoms with van der Waals surface area (Å²) in [6.07, 6.45) is -0.488. The topological polar surface area (TPSA) is 81.5 Å². The van der Waals surface area contributed by atoms with Gasteiger partial charge in [0.15, 0.2) is 0 Å². The van der Waals surface area contributed by atoms with Crippen LogP contribution in [0, 0.1) is 0 Å². The van der Waals surface area contributed by atoms with Crippen LogP contribution in [-0.4, -0.2) is 56.5 Å². The molecule has 0 bridgehead atoms. The third kappa shape index (κ3) is 2.49. The van der Waals surface area contributed by atoms with Crippen molar-refractivity contribution in [1.29, 1.82) is 0 Å². The molecule has 20 heavy (non-hydrogen) atoms. The van der Waals surface area contributed by atoms with Crippen LogP contribution in [0.1, 0.15) is 6.42 Å². The summed E-state index contributed by atoms with van der Waals surface area (Å²) < 4.78 is 1.73. The van der Waals surface area contributed by atoms with Gasteiger partial charge in [0, 0.05) is 26.2 Å². The Bertz CT molecular complexity index is 638. The molecule has 0 aliphatic carbocycles. The molecule has 6 nitrogen and oxygen atoms in total. The van der Waals surface area contributed by atoms with E-state index < -0.39 is 12.2 Å². The predicted molar refractivity (Wildman–Crippen MR) is 75.6 cm³/mol. The fraction of sp³-hybridized carbons (Fsp3) is 0.500. The lowest BCUT2D eigenvalue weighted by molar-refractivity contribution is 0.0572. The average molecular weight is 277 g/mol. The molecule has 1 aliphatic heterocycles. The van der Waals surface area contributed by atoms with Gasteiger partial charge in [-0.2, -0.15) is 0 Å². The molecule has 3 N–H and O–H groups in total. The molecule has 1 aromatic carbocycles. The molecule has 2 unspecified atom stereocenters. The number of aromatic amines is 1. The van der Waals surface area contributed by atoms with Gasteiger partial charge in [-0.25, -0.2) is 4.79 Å². The van der Waals surface area contributed by atoms with Crippen molar-refractivity contribution in [3.05, 3.63) is 34.7 Å². The van der Waals surface area contributed by atoms with Gasteiger partial charge in [-0.1, -0.05) is 12.1 Å². The van der Waals surface area contributed by atoms with E-state index in [-0.39, 0.29) is 5.69 Å². The summed E-state index contributed by atoms with van der Waals surface area (Å²) in [6.45, 7) is 2.40. The SMILES string of the molecule is O=c1[nH]c2ccccc2n1CCCN1CC(O)C(O)C1. The number of aryl methyl sites for hydroxylation is 1. The normalized spacial score (nSPS) is 23.7. The number of hydrogen-bond donors (Lipinski definition) is 3. The van der Waals surface area contributed by atoms with Gasteiger partial charge < -0.3 is 15.2 Å². The number of fused-ring (bicyclic) bond motifs is 1. The Morgan fingerprint density at radius 2 is 1.85 bits per heavy atom. The van der Waals surface area contributed by atoms with Crippen LogP contribution >= 0.6 is 0 Å². The number of hydrogen-bond acceptors (Lipinski definition) is 4. The third-order valence-corrected chi connectivity index (χ3v) is 3.87. The van der Waals surface area contributed by atoms with E-state index in [1.807, 2.05) is 29.2 Å². The quantitative estimate of drug-likeness (QED) is 0.720. The molecule has 3 rings (SSSR count). The monoisotopic (exact) mass is 277 g/mol. The molecule has 0 spiro atoms. The summed E-state index contributed by atoms with van der Waals surface area (Å²) in [5.74, 6) is 0. The Labute approximate surface area is 116 Å². The molecule has 1 saturated heterocycles. The van der Waals surface area contributed by atoms with Crippen LogP contribution in [0.5, 0.6) is 0 Å². The molecule has 1 aliphatic rings. The molecule has 6 heteroatoms. The van der Waals surface area contributed by atoms with Crippen molar-refractivity contribution in [3.8, 4) is 0 Å². The first-order valence-electron chi connectivity index (χ1n) is 6.91. The largest absolute Gasteiger partial charge is 0.389 e. The number of imidazole rings is 1. The maximum Gasteiger partial charge on any atom is 0.326 e. The smallest absolute Gasteiger partial charge is 0.326 e. The zero-order valence-electron chi connectivity index (χ0n) is 11.2. The van der Waals surface area contributed by atoms with E-state index >= 15 is 0 Å². The van der Waals surface area contributed by atoms with Crippen molar-refractivity contribution in [2.75, 3.05) is 19.6 Å². The standard InChI is InChI=1S/C14H19N3O3/c18-12-8-16(9-13(12)19)6-3-7-17-11-5-2-1-4-10(11)15-14(17)20/h1-2,4-5,12-13,18-19H,3,6-9H2,(H,15,20). The highest BCUT2D eigenvalue weighted by atomic mass is 16.3. The Kier molecular flexibility index (Phi) is 3.60. The van der Waals surface area contributed by atoms with Gasteiger partial charge in [0.05, 0.1) is 23.2 Å². The molecule has 0 saturated carbocycles. The number of H-pyrrole nitrogens is 1. The van der Waals surface area contributed by atoms with Crippen molar-refractivity contribution in [1.82, 2.24) is 14.5 Å². The summed E-state index contributed by atoms with van der Waals surface area (Å²) in [5, 5.41) is 19.0. The molecular weight excluding hydrogens is 258 g/mol. The minimum absolute atomic E-state index is 0.0901. The highest BCUT2D eigenvalue weighted by molar-refractivity contribution is 5.74. The van der Waals surface area contributed by atoms with Gasteiger partial charge in [-0.05, 0) is 18.6 Å². The number of benzene rings is 1. The Morgan fingerprint density at radius 1 is 1.15 bits per heavy atom. The highest BCUT2D eigenvalue weighted by Crippen LogP contribution is 2.12. The molecule has 2 aromatic rings. The van der Waals surface area contributed by atoms with Crippen LogP contribution in [0.2, 0.25) is 0 Å². The second-order valence-corrected chi connectivity index (χ2v) is 5.35. The first-order valence-corrected chi connectivity index (χ1v) is 6.91. The van der Waals surface area contributed by atoms with Crippen LogP contribution in [0.4, 0.5) is 0 Å². The molecular formula is C14H19N3O3. The van der Waals surface area contributed by atoms with Gasteiger partial charge in [0.1, 0.15) is 0 Å². The van der Waals surface area contributed by atoms with Crippen LogP contribution in [0.15, 0.2) is 29.1 Å². The van der Waals surface area contributed by atoms with E-state index in [0.29, 0.717) is 19.6 Å². The fourth-order valence-corrected chi connectivity index (χ4v) is 2.81. The molecule has 2 heterocycles. The van der Waals surface area contributed by atoms with Crippen molar-refractivity contribution < 1.29 is 10.2 Å². The zero-order valence-corrected chi connectivity index (χ0v) is 11.2. The van der Waals surface area contributed by atoms with Crippen molar-refractivity contribution in [3.63, 3.8) is 0 Å². The Balaban J connectivity index is 1.63. The summed E-state index contributed by atoms with van der Waals surface area (Å²) >= 11 is 0. The number of aromatic nitrogens is 2. The average Bonchev–Trinajstić information content (AvgIpc) is 2.91. The van der Waals surface area contributed by atoms with Crippen LogP contribution in [-0.2, 0) is 6.54 Å². The molecule has 1 aromatic heterocycles. The summed E-state index contributed by atoms with van der Waals surface area (Å²) in [4.78, 5) is 16.7. The number of para-hydroxylation sites is 2. The van der Waals surface area contributed by atoms with Gasteiger partial charge in [-0.15, -0.1) is 0 Å². The van der Waals surface area contributed by atoms with E-state index in [4.69, 9.17) is 0 Å². The minimum Gasteiger partial charge on any atom is -0.389 e. The summed E-state index contributed by atoms with van der Waals surface area (Å²) in [7, 11) is 0. The second-order valence-electron chi connectivity index (χ2n) is 5.35. The predicted octanol–water partition coefficient (Wildman–Crippen LogP) is -0.243. The van der Waals surface area contributed by atoms with Crippen LogP contribution in [0.25, 0.3) is 11.0 Å². The number of nitrogens with zero attached hydrogens (tertiary/aromatic N) is 2. The van der Waals surface area contributed by atoms with Gasteiger partial charge in [0.2, 0.25) is 0 Å². The number of rotatable bonds is 4. The minimum atomic E-state index is -0.647. The van der Waals surface area contributed by atoms with E-state index in [1.165, 1.54) is 0 Å². The van der Waals surface area contributed by atoms with Gasteiger partial charge in [0.25, 0.3) is 0 Å².